The summed E-state index contributed by atoms with van der Waals surface area (Å²) in [7, 11) is 0. The first-order valence-electron chi connectivity index (χ1n) is 18.5. The van der Waals surface area contributed by atoms with Crippen molar-refractivity contribution < 1.29 is 25.8 Å². The molecule has 0 bridgehead atoms. The van der Waals surface area contributed by atoms with Crippen LogP contribution < -0.4 is 16.4 Å². The van der Waals surface area contributed by atoms with Gasteiger partial charge in [0.2, 0.25) is 0 Å². The average Bonchev–Trinajstić information content (AvgIpc) is 2.94. The molecule has 0 aromatic heterocycles. The van der Waals surface area contributed by atoms with Crippen LogP contribution in [0.15, 0.2) is 91.0 Å². The smallest absolute Gasteiger partial charge is 0.695 e. The van der Waals surface area contributed by atoms with Crippen molar-refractivity contribution in [2.45, 2.75) is 158 Å². The summed E-state index contributed by atoms with van der Waals surface area (Å²) in [5, 5.41) is 28.8. The summed E-state index contributed by atoms with van der Waals surface area (Å²) in [4.78, 5) is 0. The van der Waals surface area contributed by atoms with E-state index in [-0.39, 0.29) is 80.0 Å². The molecule has 3 rings (SSSR count). The third kappa shape index (κ3) is 26.3. The molecule has 0 heterocycles. The van der Waals surface area contributed by atoms with Gasteiger partial charge < -0.3 is 31.4 Å². The van der Waals surface area contributed by atoms with Crippen LogP contribution in [-0.2, 0) is 25.8 Å². The Morgan fingerprint density at radius 3 is 0.519 bits per heavy atom. The fourth-order valence-corrected chi connectivity index (χ4v) is 4.61. The zero-order chi connectivity index (χ0) is 39.3. The molecule has 0 aliphatic carbocycles. The first kappa shape index (κ1) is 50.5. The molecular formula is C42H69B3HfN6-2. The van der Waals surface area contributed by atoms with E-state index in [2.05, 4.69) is 161 Å². The Kier molecular flexibility index (Phi) is 20.9. The van der Waals surface area contributed by atoms with Crippen molar-refractivity contribution in [1.82, 2.24) is 0 Å². The van der Waals surface area contributed by atoms with E-state index in [1.807, 2.05) is 54.6 Å². The van der Waals surface area contributed by atoms with Crippen molar-refractivity contribution in [3.05, 3.63) is 122 Å². The molecule has 0 aliphatic heterocycles. The van der Waals surface area contributed by atoms with Gasteiger partial charge in [-0.05, 0) is 0 Å². The number of rotatable bonds is 9. The molecular weight excluding hydrogens is 799 g/mol. The van der Waals surface area contributed by atoms with E-state index in [9.17, 15) is 0 Å². The molecule has 282 valence electrons. The monoisotopic (exact) mass is 871 g/mol. The molecule has 0 saturated carbocycles. The van der Waals surface area contributed by atoms with E-state index < -0.39 is 0 Å². The van der Waals surface area contributed by atoms with E-state index >= 15 is 0 Å². The minimum Gasteiger partial charge on any atom is -0.695 e. The standard InChI is InChI=1S/3C14H23BN2.Hf/c3*1-13(2,3)16-15(17-14(4,5)6)12-10-8-7-9-11-12;/h3*7-11H,1-6H3;/q3*-2;+4. The summed E-state index contributed by atoms with van der Waals surface area (Å²) in [6.07, 6.45) is 0. The van der Waals surface area contributed by atoms with Crippen LogP contribution >= 0.6 is 0 Å². The van der Waals surface area contributed by atoms with Gasteiger partial charge in [-0.1, -0.05) is 237 Å². The number of hydrogen-bond acceptors (Lipinski definition) is 0. The van der Waals surface area contributed by atoms with Gasteiger partial charge in [-0.25, -0.2) is 0 Å². The Bertz CT molecular complexity index is 1140. The second-order valence-corrected chi connectivity index (χ2v) is 19.2. The van der Waals surface area contributed by atoms with Crippen molar-refractivity contribution >= 4 is 37.3 Å². The summed E-state index contributed by atoms with van der Waals surface area (Å²) in [6.45, 7) is 37.8. The predicted octanol–water partition coefficient (Wildman–Crippen LogP) is 11.2. The summed E-state index contributed by atoms with van der Waals surface area (Å²) < 4.78 is 0. The molecule has 0 radical (unpaired) electrons. The van der Waals surface area contributed by atoms with Crippen LogP contribution in [0.5, 0.6) is 0 Å². The normalized spacial score (nSPS) is 12.3. The van der Waals surface area contributed by atoms with Crippen LogP contribution in [-0.4, -0.2) is 54.2 Å². The van der Waals surface area contributed by atoms with Crippen molar-refractivity contribution in [3.8, 4) is 0 Å². The first-order valence-corrected chi connectivity index (χ1v) is 18.5. The van der Waals surface area contributed by atoms with Crippen LogP contribution in [0.3, 0.4) is 0 Å². The average molecular weight is 869 g/mol. The molecule has 0 amide bonds. The number of benzene rings is 3. The fourth-order valence-electron chi connectivity index (χ4n) is 4.61. The second kappa shape index (κ2) is 21.5. The SMILES string of the molecule is CC(C)(C)[N-]B([N-]C(C)(C)C)c1ccccc1.CC(C)(C)[N-]B([N-]C(C)(C)C)c1ccccc1.CC(C)(C)[N-]B([N-]C(C)(C)C)c1ccccc1.[Hf+4]. The van der Waals surface area contributed by atoms with Gasteiger partial charge in [0.25, 0.3) is 0 Å². The third-order valence-corrected chi connectivity index (χ3v) is 6.35. The van der Waals surface area contributed by atoms with Gasteiger partial charge in [0.15, 0.2) is 0 Å². The quantitative estimate of drug-likeness (QED) is 0.192. The van der Waals surface area contributed by atoms with Gasteiger partial charge in [-0.15, -0.1) is 49.6 Å². The van der Waals surface area contributed by atoms with Crippen LogP contribution in [0.2, 0.25) is 0 Å². The zero-order valence-corrected chi connectivity index (χ0v) is 39.7. The van der Waals surface area contributed by atoms with Crippen molar-refractivity contribution in [1.29, 1.82) is 0 Å². The van der Waals surface area contributed by atoms with E-state index in [4.69, 9.17) is 31.4 Å². The Labute approximate surface area is 341 Å². The van der Waals surface area contributed by atoms with E-state index in [0.29, 0.717) is 0 Å². The van der Waals surface area contributed by atoms with E-state index in [1.165, 1.54) is 0 Å². The van der Waals surface area contributed by atoms with Crippen molar-refractivity contribution in [2.24, 2.45) is 0 Å². The maximum absolute atomic E-state index is 4.80. The summed E-state index contributed by atoms with van der Waals surface area (Å²) in [6, 6.07) is 30.9. The predicted molar refractivity (Wildman–Crippen MR) is 234 cm³/mol. The molecule has 0 atom stereocenters. The van der Waals surface area contributed by atoms with Crippen molar-refractivity contribution in [2.75, 3.05) is 0 Å². The minimum atomic E-state index is -0.0741. The second-order valence-electron chi connectivity index (χ2n) is 19.2. The number of hydrogen-bond donors (Lipinski definition) is 0. The molecule has 6 nitrogen and oxygen atoms in total. The molecule has 0 unspecified atom stereocenters. The third-order valence-electron chi connectivity index (χ3n) is 6.35. The Balaban J connectivity index is 0.000000743. The molecule has 0 saturated heterocycles. The topological polar surface area (TPSA) is 84.6 Å². The Morgan fingerprint density at radius 2 is 0.404 bits per heavy atom. The van der Waals surface area contributed by atoms with Crippen LogP contribution in [0.1, 0.15) is 125 Å². The van der Waals surface area contributed by atoms with E-state index in [0.717, 1.165) is 16.4 Å². The van der Waals surface area contributed by atoms with Gasteiger partial charge in [-0.2, -0.15) is 0 Å². The van der Waals surface area contributed by atoms with Gasteiger partial charge in [0.05, 0.1) is 0 Å². The number of nitrogens with zero attached hydrogens (tertiary/aromatic N) is 6. The van der Waals surface area contributed by atoms with Crippen LogP contribution in [0.4, 0.5) is 0 Å². The van der Waals surface area contributed by atoms with E-state index in [1.54, 1.807) is 0 Å². The summed E-state index contributed by atoms with van der Waals surface area (Å²) in [5.74, 6) is 0. The maximum atomic E-state index is 4.80. The molecule has 10 heteroatoms. The summed E-state index contributed by atoms with van der Waals surface area (Å²) >= 11 is 0. The molecule has 0 fully saturated rings. The fraction of sp³-hybridized carbons (Fsp3) is 0.571. The minimum absolute atomic E-state index is 0. The molecule has 0 N–H and O–H groups in total. The van der Waals surface area contributed by atoms with Gasteiger partial charge in [0.1, 0.15) is 0 Å². The largest absolute Gasteiger partial charge is 4.00 e. The van der Waals surface area contributed by atoms with Gasteiger partial charge in [0, 0.05) is 0 Å². The molecule has 0 aliphatic rings. The molecule has 3 aromatic carbocycles. The molecule has 52 heavy (non-hydrogen) atoms. The zero-order valence-electron chi connectivity index (χ0n) is 36.1. The first-order chi connectivity index (χ1) is 23.0. The van der Waals surface area contributed by atoms with Crippen LogP contribution in [0.25, 0.3) is 31.4 Å². The van der Waals surface area contributed by atoms with Gasteiger partial charge in [-0.3, -0.25) is 0 Å². The van der Waals surface area contributed by atoms with Crippen LogP contribution in [0, 0.1) is 0 Å². The Hall–Kier alpha value is -1.52. The molecule has 3 aromatic rings. The molecule has 0 spiro atoms. The summed E-state index contributed by atoms with van der Waals surface area (Å²) in [5.41, 5.74) is 3.05. The Morgan fingerprint density at radius 1 is 0.269 bits per heavy atom. The van der Waals surface area contributed by atoms with Gasteiger partial charge >= 0.3 is 25.8 Å². The maximum Gasteiger partial charge on any atom is 4.00 e. The van der Waals surface area contributed by atoms with Crippen molar-refractivity contribution in [3.63, 3.8) is 0 Å².